The molecule has 0 fully saturated rings. The molecule has 43 heavy (non-hydrogen) atoms. The van der Waals surface area contributed by atoms with Crippen LogP contribution in [0.15, 0.2) is 51.4 Å². The number of carboxylic acids is 2. The number of nitrogens with two attached hydrogens (primary N) is 1. The number of imidazole rings is 1. The first kappa shape index (κ1) is 30.7. The molecule has 0 aliphatic heterocycles. The van der Waals surface area contributed by atoms with Crippen LogP contribution in [0.1, 0.15) is 47.6 Å². The van der Waals surface area contributed by atoms with Crippen LogP contribution in [0.2, 0.25) is 5.15 Å². The minimum Gasteiger partial charge on any atom is -0.478 e. The lowest BCUT2D eigenvalue weighted by Gasteiger charge is -2.36. The topological polar surface area (TPSA) is 186 Å². The molecular weight excluding hydrogens is 662 g/mol. The molecule has 3 heterocycles. The average Bonchev–Trinajstić information content (AvgIpc) is 3.72. The molecule has 5 N–H and O–H groups in total. The molecule has 15 heteroatoms. The molecule has 5 rings (SSSR count). The lowest BCUT2D eigenvalue weighted by Crippen LogP contribution is -2.57. The molecule has 0 radical (unpaired) electrons. The van der Waals surface area contributed by atoms with Gasteiger partial charge in [-0.25, -0.2) is 14.6 Å². The van der Waals surface area contributed by atoms with Gasteiger partial charge >= 0.3 is 11.9 Å². The van der Waals surface area contributed by atoms with Crippen LogP contribution in [0, 0.1) is 0 Å². The van der Waals surface area contributed by atoms with Gasteiger partial charge in [-0.2, -0.15) is 17.0 Å². The van der Waals surface area contributed by atoms with Gasteiger partial charge in [0.1, 0.15) is 17.2 Å². The van der Waals surface area contributed by atoms with Crippen LogP contribution in [-0.2, 0) is 16.9 Å². The lowest BCUT2D eigenvalue weighted by molar-refractivity contribution is -0.148. The Bertz CT molecular complexity index is 1810. The summed E-state index contributed by atoms with van der Waals surface area (Å²) in [4.78, 5) is 29.7. The van der Waals surface area contributed by atoms with E-state index in [1.807, 2.05) is 37.4 Å². The summed E-state index contributed by atoms with van der Waals surface area (Å²) in [5, 5.41) is 35.4. The van der Waals surface area contributed by atoms with Crippen LogP contribution < -0.4 is 5.73 Å². The summed E-state index contributed by atoms with van der Waals surface area (Å²) >= 11 is 11.3. The Hall–Kier alpha value is -3.72. The highest BCUT2D eigenvalue weighted by Gasteiger charge is 2.49. The number of nitrogens with one attached hydrogen (secondary N) is 1. The van der Waals surface area contributed by atoms with Crippen LogP contribution in [0.5, 0.6) is 0 Å². The highest BCUT2D eigenvalue weighted by Crippen LogP contribution is 2.44. The van der Waals surface area contributed by atoms with Gasteiger partial charge in [0.25, 0.3) is 0 Å². The molecule has 0 aliphatic carbocycles. The van der Waals surface area contributed by atoms with E-state index in [0.717, 1.165) is 11.0 Å². The van der Waals surface area contributed by atoms with Crippen LogP contribution >= 0.6 is 39.3 Å². The minimum atomic E-state index is -2.24. The number of aromatic carboxylic acids is 1. The Morgan fingerprint density at radius 2 is 1.98 bits per heavy atom. The van der Waals surface area contributed by atoms with Gasteiger partial charge < -0.3 is 14.6 Å². The summed E-state index contributed by atoms with van der Waals surface area (Å²) in [7, 11) is 0. The fraction of sp³-hybridized carbons (Fsp3) is 0.286. The molecular formula is C28H27BrClN7O5S. The number of unbranched alkanes of at least 4 members (excludes halogenated alkanes) is 1. The summed E-state index contributed by atoms with van der Waals surface area (Å²) in [6, 6.07) is 12.7. The molecule has 0 saturated carbocycles. The maximum Gasteiger partial charge on any atom is 0.355 e. The fourth-order valence-corrected chi connectivity index (χ4v) is 6.84. The number of aromatic nitrogens is 6. The first-order valence-corrected chi connectivity index (χ1v) is 15.8. The van der Waals surface area contributed by atoms with E-state index < -0.39 is 29.2 Å². The number of hydrogen-bond acceptors (Lipinski definition) is 9. The summed E-state index contributed by atoms with van der Waals surface area (Å²) in [6.45, 7) is 1.96. The fourth-order valence-electron chi connectivity index (χ4n) is 5.19. The van der Waals surface area contributed by atoms with Crippen LogP contribution in [0.25, 0.3) is 33.7 Å². The number of aliphatic carboxylic acids is 1. The number of thioether (sulfide) groups is 1. The summed E-state index contributed by atoms with van der Waals surface area (Å²) in [5.74, 6) is -2.37. The van der Waals surface area contributed by atoms with Crippen LogP contribution in [0.3, 0.4) is 0 Å². The number of hydrogen-bond donors (Lipinski definition) is 4. The van der Waals surface area contributed by atoms with Gasteiger partial charge in [-0.1, -0.05) is 55.3 Å². The van der Waals surface area contributed by atoms with Crippen molar-refractivity contribution in [3.05, 3.63) is 69.2 Å². The number of rotatable bonds is 12. The normalized spacial score (nSPS) is 13.7. The predicted molar refractivity (Wildman–Crippen MR) is 166 cm³/mol. The standard InChI is InChI=1S/C28H27BrClN7O5S/c1-3-4-9-20-32-24(30)22(26(38)39)37(20)28(31,27(40)41)18(13-43-2)14-10-11-19-17(12-14)21(29)23(42-19)15-7-5-6-8-16(15)25-33-35-36-34-25/h5-8,10-12,18H,3-4,9,13,31H2,1-2H3,(H,38,39)(H,40,41)(H,33,34,35,36). The van der Waals surface area contributed by atoms with Gasteiger partial charge in [-0.3, -0.25) is 10.3 Å². The van der Waals surface area contributed by atoms with Gasteiger partial charge in [0.2, 0.25) is 11.5 Å². The highest BCUT2D eigenvalue weighted by molar-refractivity contribution is 9.10. The Morgan fingerprint density at radius 3 is 2.60 bits per heavy atom. The number of fused-ring (bicyclic) bond motifs is 1. The zero-order chi connectivity index (χ0) is 30.9. The highest BCUT2D eigenvalue weighted by atomic mass is 79.9. The van der Waals surface area contributed by atoms with E-state index in [0.29, 0.717) is 56.6 Å². The quantitative estimate of drug-likeness (QED) is 0.125. The third kappa shape index (κ3) is 5.44. The number of aryl methyl sites for hydroxylation is 1. The van der Waals surface area contributed by atoms with Gasteiger partial charge in [0.05, 0.1) is 4.47 Å². The molecule has 2 unspecified atom stereocenters. The van der Waals surface area contributed by atoms with Gasteiger partial charge in [0.15, 0.2) is 10.8 Å². The van der Waals surface area contributed by atoms with Gasteiger partial charge in [0, 0.05) is 34.6 Å². The van der Waals surface area contributed by atoms with Crippen LogP contribution in [0.4, 0.5) is 0 Å². The average molecular weight is 689 g/mol. The SMILES string of the molecule is CCCCc1nc(Cl)c(C(=O)O)n1C(N)(C(=O)O)C(CSC)c1ccc2oc(-c3ccccc3-c3nn[nH]n3)c(Br)c2c1. The Labute approximate surface area is 263 Å². The smallest absolute Gasteiger partial charge is 0.355 e. The minimum absolute atomic E-state index is 0.200. The van der Waals surface area contributed by atoms with E-state index in [9.17, 15) is 19.8 Å². The van der Waals surface area contributed by atoms with Crippen molar-refractivity contribution in [1.29, 1.82) is 0 Å². The molecule has 0 aliphatic rings. The second-order valence-electron chi connectivity index (χ2n) is 9.83. The van der Waals surface area contributed by atoms with Crippen molar-refractivity contribution in [2.75, 3.05) is 12.0 Å². The van der Waals surface area contributed by atoms with Gasteiger partial charge in [-0.15, -0.1) is 10.2 Å². The molecule has 12 nitrogen and oxygen atoms in total. The van der Waals surface area contributed by atoms with E-state index in [2.05, 4.69) is 41.5 Å². The number of halogens is 2. The summed E-state index contributed by atoms with van der Waals surface area (Å²) in [6.07, 6.45) is 3.54. The Balaban J connectivity index is 1.69. The molecule has 0 spiro atoms. The van der Waals surface area contributed by atoms with Crippen molar-refractivity contribution in [3.63, 3.8) is 0 Å². The van der Waals surface area contributed by atoms with Crippen molar-refractivity contribution in [2.24, 2.45) is 5.73 Å². The zero-order valence-electron chi connectivity index (χ0n) is 23.0. The van der Waals surface area contributed by atoms with Gasteiger partial charge in [-0.05, 0) is 51.5 Å². The Morgan fingerprint density at radius 1 is 1.23 bits per heavy atom. The van der Waals surface area contributed by atoms with Crippen molar-refractivity contribution in [3.8, 4) is 22.7 Å². The molecule has 3 aromatic heterocycles. The number of furan rings is 1. The number of aromatic amines is 1. The van der Waals surface area contributed by atoms with Crippen molar-refractivity contribution >= 4 is 62.2 Å². The molecule has 0 amide bonds. The number of H-pyrrole nitrogens is 1. The number of nitrogens with zero attached hydrogens (tertiary/aromatic N) is 5. The van der Waals surface area contributed by atoms with Crippen molar-refractivity contribution in [1.82, 2.24) is 30.2 Å². The van der Waals surface area contributed by atoms with E-state index >= 15 is 0 Å². The predicted octanol–water partition coefficient (Wildman–Crippen LogP) is 5.78. The zero-order valence-corrected chi connectivity index (χ0v) is 26.2. The first-order chi connectivity index (χ1) is 20.6. The van der Waals surface area contributed by atoms with E-state index in [1.54, 1.807) is 18.2 Å². The molecule has 224 valence electrons. The summed E-state index contributed by atoms with van der Waals surface area (Å²) in [5.41, 5.74) is 6.64. The molecule has 0 saturated heterocycles. The maximum absolute atomic E-state index is 13.1. The number of carboxylic acid groups (broad SMARTS) is 2. The lowest BCUT2D eigenvalue weighted by atomic mass is 9.86. The largest absolute Gasteiger partial charge is 0.478 e. The second kappa shape index (κ2) is 12.5. The number of tetrazole rings is 1. The Kier molecular flexibility index (Phi) is 8.92. The maximum atomic E-state index is 13.1. The number of carbonyl (C=O) groups is 2. The molecule has 2 aromatic carbocycles. The number of benzene rings is 2. The third-order valence-corrected chi connectivity index (χ3v) is 8.97. The molecule has 5 aromatic rings. The van der Waals surface area contributed by atoms with Crippen molar-refractivity contribution in [2.45, 2.75) is 37.8 Å². The third-order valence-electron chi connectivity index (χ3n) is 7.25. The van der Waals surface area contributed by atoms with Crippen LogP contribution in [-0.4, -0.2) is 64.3 Å². The van der Waals surface area contributed by atoms with E-state index in [4.69, 9.17) is 21.8 Å². The summed E-state index contributed by atoms with van der Waals surface area (Å²) < 4.78 is 7.98. The monoisotopic (exact) mass is 687 g/mol. The second-order valence-corrected chi connectivity index (χ2v) is 11.9. The van der Waals surface area contributed by atoms with E-state index in [1.165, 1.54) is 11.8 Å². The first-order valence-electron chi connectivity index (χ1n) is 13.2. The van der Waals surface area contributed by atoms with E-state index in [-0.39, 0.29) is 16.7 Å². The molecule has 2 atom stereocenters. The molecule has 0 bridgehead atoms. The van der Waals surface area contributed by atoms with Crippen molar-refractivity contribution < 1.29 is 24.2 Å².